The van der Waals surface area contributed by atoms with E-state index in [1.54, 1.807) is 6.20 Å². The fraction of sp³-hybridized carbons (Fsp3) is 0.400. The Hall–Kier alpha value is -1.36. The van der Waals surface area contributed by atoms with Gasteiger partial charge in [-0.1, -0.05) is 0 Å². The minimum atomic E-state index is -4.67. The van der Waals surface area contributed by atoms with Crippen LogP contribution < -0.4 is 11.5 Å². The molecule has 88 valence electrons. The normalized spacial score (nSPS) is 10.6. The van der Waals surface area contributed by atoms with Gasteiger partial charge in [-0.2, -0.15) is 13.5 Å². The summed E-state index contributed by atoms with van der Waals surface area (Å²) in [7, 11) is -4.67. The van der Waals surface area contributed by atoms with Gasteiger partial charge in [-0.25, -0.2) is 0 Å². The molecule has 0 spiro atoms. The summed E-state index contributed by atoms with van der Waals surface area (Å²) in [5.41, 5.74) is 11.2. The zero-order valence-corrected chi connectivity index (χ0v) is 8.42. The van der Waals surface area contributed by atoms with Crippen LogP contribution in [-0.2, 0) is 16.9 Å². The molecule has 0 aliphatic carbocycles. The summed E-state index contributed by atoms with van der Waals surface area (Å²) in [5.74, 6) is 0.313. The van der Waals surface area contributed by atoms with Crippen LogP contribution in [0.5, 0.6) is 0 Å². The third-order valence-electron chi connectivity index (χ3n) is 1.15. The van der Waals surface area contributed by atoms with Crippen LogP contribution in [0.2, 0.25) is 0 Å². The zero-order valence-electron chi connectivity index (χ0n) is 7.61. The standard InChI is InChI=1S/C5H10N4O.H2O4S/c6-4-3-9(1-2-10)8-5(4)7;1-5(2,3)4/h3,10H,1-2,6H2,(H2,7,8);(H2,1,2,3,4). The second kappa shape index (κ2) is 5.50. The van der Waals surface area contributed by atoms with Gasteiger partial charge in [0.25, 0.3) is 0 Å². The van der Waals surface area contributed by atoms with Crippen LogP contribution in [0.4, 0.5) is 11.5 Å². The predicted octanol–water partition coefficient (Wildman–Crippen LogP) is -1.61. The lowest BCUT2D eigenvalue weighted by Crippen LogP contribution is -2.02. The van der Waals surface area contributed by atoms with E-state index in [1.807, 2.05) is 0 Å². The van der Waals surface area contributed by atoms with Crippen LogP contribution in [0.3, 0.4) is 0 Å². The Morgan fingerprint density at radius 3 is 2.13 bits per heavy atom. The van der Waals surface area contributed by atoms with Crippen molar-refractivity contribution in [1.82, 2.24) is 9.78 Å². The number of hydrogen-bond acceptors (Lipinski definition) is 6. The summed E-state index contributed by atoms with van der Waals surface area (Å²) in [4.78, 5) is 0. The summed E-state index contributed by atoms with van der Waals surface area (Å²) in [6, 6.07) is 0. The zero-order chi connectivity index (χ0) is 12.1. The van der Waals surface area contributed by atoms with E-state index < -0.39 is 10.4 Å². The molecule has 0 atom stereocenters. The van der Waals surface area contributed by atoms with E-state index in [1.165, 1.54) is 4.68 Å². The molecule has 1 rings (SSSR count). The number of aliphatic hydroxyl groups excluding tert-OH is 1. The summed E-state index contributed by atoms with van der Waals surface area (Å²) in [5, 5.41) is 12.3. The molecule has 0 saturated heterocycles. The minimum Gasteiger partial charge on any atom is -0.394 e. The van der Waals surface area contributed by atoms with Gasteiger partial charge >= 0.3 is 10.4 Å². The Bertz CT molecular complexity index is 372. The van der Waals surface area contributed by atoms with Crippen molar-refractivity contribution in [3.05, 3.63) is 6.20 Å². The Morgan fingerprint density at radius 2 is 1.87 bits per heavy atom. The Labute approximate surface area is 85.9 Å². The van der Waals surface area contributed by atoms with E-state index in [9.17, 15) is 0 Å². The van der Waals surface area contributed by atoms with Gasteiger partial charge in [0, 0.05) is 0 Å². The van der Waals surface area contributed by atoms with E-state index in [2.05, 4.69) is 5.10 Å². The highest BCUT2D eigenvalue weighted by Crippen LogP contribution is 2.09. The second-order valence-electron chi connectivity index (χ2n) is 2.40. The average molecular weight is 240 g/mol. The van der Waals surface area contributed by atoms with Gasteiger partial charge < -0.3 is 16.6 Å². The van der Waals surface area contributed by atoms with Crippen LogP contribution in [-0.4, -0.2) is 39.0 Å². The van der Waals surface area contributed by atoms with E-state index in [-0.39, 0.29) is 6.61 Å². The van der Waals surface area contributed by atoms with Crippen molar-refractivity contribution < 1.29 is 22.6 Å². The first kappa shape index (κ1) is 13.6. The SMILES string of the molecule is Nc1cn(CCO)nc1N.O=S(=O)(O)O. The largest absolute Gasteiger partial charge is 0.394 e. The molecule has 0 radical (unpaired) electrons. The average Bonchev–Trinajstić information content (AvgIpc) is 2.28. The van der Waals surface area contributed by atoms with Crippen molar-refractivity contribution in [2.75, 3.05) is 18.1 Å². The highest BCUT2D eigenvalue weighted by Gasteiger charge is 1.98. The second-order valence-corrected chi connectivity index (χ2v) is 3.30. The van der Waals surface area contributed by atoms with Crippen molar-refractivity contribution in [2.45, 2.75) is 6.54 Å². The molecule has 0 fully saturated rings. The van der Waals surface area contributed by atoms with Gasteiger partial charge in [-0.15, -0.1) is 0 Å². The molecule has 15 heavy (non-hydrogen) atoms. The van der Waals surface area contributed by atoms with Gasteiger partial charge in [-0.3, -0.25) is 13.8 Å². The Morgan fingerprint density at radius 1 is 1.40 bits per heavy atom. The fourth-order valence-corrected chi connectivity index (χ4v) is 0.669. The molecule has 9 nitrogen and oxygen atoms in total. The van der Waals surface area contributed by atoms with Crippen molar-refractivity contribution in [2.24, 2.45) is 0 Å². The van der Waals surface area contributed by atoms with E-state index in [4.69, 9.17) is 34.1 Å². The molecule has 0 aliphatic rings. The number of nitrogens with zero attached hydrogens (tertiary/aromatic N) is 2. The molecule has 1 aromatic heterocycles. The van der Waals surface area contributed by atoms with Crippen LogP contribution >= 0.6 is 0 Å². The molecular weight excluding hydrogens is 228 g/mol. The molecule has 0 saturated carbocycles. The van der Waals surface area contributed by atoms with Crippen LogP contribution in [0.15, 0.2) is 6.20 Å². The summed E-state index contributed by atoms with van der Waals surface area (Å²) < 4.78 is 33.1. The minimum absolute atomic E-state index is 0.0422. The van der Waals surface area contributed by atoms with Gasteiger partial charge in [0.15, 0.2) is 5.82 Å². The highest BCUT2D eigenvalue weighted by atomic mass is 32.3. The third kappa shape index (κ3) is 7.69. The Balaban J connectivity index is 0.000000336. The van der Waals surface area contributed by atoms with Gasteiger partial charge in [0.05, 0.1) is 25.0 Å². The van der Waals surface area contributed by atoms with Crippen molar-refractivity contribution >= 4 is 21.9 Å². The first-order valence-electron chi connectivity index (χ1n) is 3.63. The van der Waals surface area contributed by atoms with E-state index in [0.29, 0.717) is 18.1 Å². The monoisotopic (exact) mass is 240 g/mol. The molecule has 0 aliphatic heterocycles. The number of nitrogens with two attached hydrogens (primary N) is 2. The summed E-state index contributed by atoms with van der Waals surface area (Å²) in [6.45, 7) is 0.474. The first-order chi connectivity index (χ1) is 6.74. The number of anilines is 2. The van der Waals surface area contributed by atoms with Crippen LogP contribution in [0.25, 0.3) is 0 Å². The quantitative estimate of drug-likeness (QED) is 0.385. The summed E-state index contributed by atoms with van der Waals surface area (Å²) >= 11 is 0. The topological polar surface area (TPSA) is 165 Å². The number of aromatic nitrogens is 2. The molecule has 1 aromatic rings. The molecule has 0 unspecified atom stereocenters. The molecule has 0 aromatic carbocycles. The molecule has 0 bridgehead atoms. The lowest BCUT2D eigenvalue weighted by molar-refractivity contribution is 0.269. The van der Waals surface area contributed by atoms with Gasteiger partial charge in [-0.05, 0) is 0 Å². The van der Waals surface area contributed by atoms with E-state index >= 15 is 0 Å². The fourth-order valence-electron chi connectivity index (χ4n) is 0.669. The van der Waals surface area contributed by atoms with Crippen molar-refractivity contribution in [3.8, 4) is 0 Å². The van der Waals surface area contributed by atoms with Gasteiger partial charge in [0.2, 0.25) is 0 Å². The Kier molecular flexibility index (Phi) is 5.00. The molecule has 1 heterocycles. The number of aliphatic hydroxyl groups is 1. The molecular formula is C5H12N4O5S. The predicted molar refractivity (Wildman–Crippen MR) is 52.3 cm³/mol. The maximum Gasteiger partial charge on any atom is 0.394 e. The number of rotatable bonds is 2. The first-order valence-corrected chi connectivity index (χ1v) is 5.03. The molecule has 7 N–H and O–H groups in total. The van der Waals surface area contributed by atoms with Crippen LogP contribution in [0, 0.1) is 0 Å². The molecule has 0 amide bonds. The number of hydrogen-bond donors (Lipinski definition) is 5. The maximum absolute atomic E-state index is 8.74. The lowest BCUT2D eigenvalue weighted by atomic mass is 10.5. The third-order valence-corrected chi connectivity index (χ3v) is 1.15. The van der Waals surface area contributed by atoms with Crippen molar-refractivity contribution in [3.63, 3.8) is 0 Å². The number of nitrogen functional groups attached to an aromatic ring is 2. The van der Waals surface area contributed by atoms with Gasteiger partial charge in [0.1, 0.15) is 0 Å². The van der Waals surface area contributed by atoms with Crippen LogP contribution in [0.1, 0.15) is 0 Å². The highest BCUT2D eigenvalue weighted by molar-refractivity contribution is 7.79. The summed E-state index contributed by atoms with van der Waals surface area (Å²) in [6.07, 6.45) is 1.59. The van der Waals surface area contributed by atoms with E-state index in [0.717, 1.165) is 0 Å². The smallest absolute Gasteiger partial charge is 0.394 e. The maximum atomic E-state index is 8.74. The lowest BCUT2D eigenvalue weighted by Gasteiger charge is -1.92. The van der Waals surface area contributed by atoms with Crippen molar-refractivity contribution in [1.29, 1.82) is 0 Å². The molecule has 10 heteroatoms.